The molecule has 0 atom stereocenters. The molecule has 1 heterocycles. The number of aromatic nitrogens is 1. The summed E-state index contributed by atoms with van der Waals surface area (Å²) in [6.45, 7) is 13.1. The van der Waals surface area contributed by atoms with Gasteiger partial charge in [0.25, 0.3) is 0 Å². The molecule has 0 aliphatic heterocycles. The number of amides is 1. The van der Waals surface area contributed by atoms with Crippen LogP contribution in [0.25, 0.3) is 0 Å². The summed E-state index contributed by atoms with van der Waals surface area (Å²) in [5.41, 5.74) is 12.2. The van der Waals surface area contributed by atoms with Crippen LogP contribution < -0.4 is 22.0 Å². The lowest BCUT2D eigenvalue weighted by Crippen LogP contribution is -2.39. The lowest BCUT2D eigenvalue weighted by Gasteiger charge is -2.22. The summed E-state index contributed by atoms with van der Waals surface area (Å²) >= 11 is 0. The Morgan fingerprint density at radius 2 is 1.60 bits per heavy atom. The third kappa shape index (κ3) is 5.09. The first-order chi connectivity index (χ1) is 8.89. The van der Waals surface area contributed by atoms with Crippen molar-refractivity contribution in [1.82, 2.24) is 4.98 Å². The van der Waals surface area contributed by atoms with Crippen LogP contribution in [0.5, 0.6) is 0 Å². The van der Waals surface area contributed by atoms with Gasteiger partial charge in [0.1, 0.15) is 5.82 Å². The summed E-state index contributed by atoms with van der Waals surface area (Å²) in [6.07, 6.45) is 0. The average Bonchev–Trinajstić information content (AvgIpc) is 2.17. The topological polar surface area (TPSA) is 82.0 Å². The fourth-order valence-corrected chi connectivity index (χ4v) is 5.60. The van der Waals surface area contributed by atoms with Gasteiger partial charge in [0, 0.05) is 5.32 Å². The lowest BCUT2D eigenvalue weighted by molar-refractivity contribution is 0.100. The highest BCUT2D eigenvalue weighted by Crippen LogP contribution is 2.22. The first kappa shape index (κ1) is 16.9. The molecule has 112 valence electrons. The molecule has 0 saturated heterocycles. The molecule has 1 amide bonds. The van der Waals surface area contributed by atoms with Crippen molar-refractivity contribution in [2.24, 2.45) is 5.73 Å². The number of nitrogens with zero attached hydrogens (tertiary/aromatic N) is 1. The number of pyridine rings is 1. The molecule has 1 rings (SSSR count). The number of nitrogen functional groups attached to an aromatic ring is 1. The number of carbonyl (C=O) groups is 1. The predicted molar refractivity (Wildman–Crippen MR) is 93.0 cm³/mol. The van der Waals surface area contributed by atoms with Crippen LogP contribution in [0.2, 0.25) is 10.1 Å². The molecule has 0 spiro atoms. The van der Waals surface area contributed by atoms with Gasteiger partial charge < -0.3 is 11.5 Å². The van der Waals surface area contributed by atoms with Gasteiger partial charge in [0.2, 0.25) is 5.91 Å². The number of carbonyl (C=O) groups excluding carboxylic acids is 1. The van der Waals surface area contributed by atoms with Gasteiger partial charge in [-0.2, -0.15) is 0 Å². The van der Waals surface area contributed by atoms with E-state index in [1.807, 2.05) is 6.07 Å². The van der Waals surface area contributed by atoms with Crippen molar-refractivity contribution in [1.29, 1.82) is 0 Å². The van der Waals surface area contributed by atoms with E-state index in [2.05, 4.69) is 46.5 Å². The number of rotatable bonds is 3. The van der Waals surface area contributed by atoms with Gasteiger partial charge in [-0.1, -0.05) is 41.5 Å². The van der Waals surface area contributed by atoms with E-state index < -0.39 is 19.0 Å². The molecular formula is C14H27N3OSi2. The summed E-state index contributed by atoms with van der Waals surface area (Å²) in [5.74, 6) is 0.219. The van der Waals surface area contributed by atoms with E-state index in [4.69, 9.17) is 11.5 Å². The van der Waals surface area contributed by atoms with Gasteiger partial charge >= 0.3 is 0 Å². The molecule has 0 fully saturated rings. The summed E-state index contributed by atoms with van der Waals surface area (Å²) in [6, 6.07) is 1.91. The largest absolute Gasteiger partial charge is 0.384 e. The van der Waals surface area contributed by atoms with Crippen molar-refractivity contribution < 1.29 is 4.79 Å². The van der Waals surface area contributed by atoms with E-state index in [1.54, 1.807) is 0 Å². The second-order valence-corrected chi connectivity index (χ2v) is 14.2. The Hall–Kier alpha value is -1.15. The van der Waals surface area contributed by atoms with Gasteiger partial charge in [-0.25, -0.2) is 4.98 Å². The van der Waals surface area contributed by atoms with E-state index in [0.717, 1.165) is 10.5 Å². The van der Waals surface area contributed by atoms with E-state index in [9.17, 15) is 4.79 Å². The number of primary amides is 1. The smallest absolute Gasteiger partial charge is 0.250 e. The molecule has 0 radical (unpaired) electrons. The average molecular weight is 310 g/mol. The molecule has 20 heavy (non-hydrogen) atoms. The van der Waals surface area contributed by atoms with Crippen LogP contribution in [0.15, 0.2) is 6.07 Å². The van der Waals surface area contributed by atoms with Crippen molar-refractivity contribution in [2.75, 3.05) is 5.73 Å². The number of hydrogen-bond acceptors (Lipinski definition) is 3. The highest BCUT2D eigenvalue weighted by Gasteiger charge is 2.22. The van der Waals surface area contributed by atoms with Crippen molar-refractivity contribution >= 4 is 41.3 Å². The van der Waals surface area contributed by atoms with Crippen molar-refractivity contribution in [3.63, 3.8) is 0 Å². The Bertz CT molecular complexity index is 516. The summed E-state index contributed by atoms with van der Waals surface area (Å²) in [5, 5.41) is 2.31. The monoisotopic (exact) mass is 309 g/mol. The minimum absolute atomic E-state index is 0.173. The summed E-state index contributed by atoms with van der Waals surface area (Å²) in [4.78, 5) is 16.3. The standard InChI is InChI=1S/C14H27N3OSi2/c1-13(2,3)19-9-7-8(11(16)18)12(17-10(9)15)20-14(4,5)6/h7H,19-20H2,1-6H3,(H2,15,17)(H2,16,18). The highest BCUT2D eigenvalue weighted by molar-refractivity contribution is 6.60. The maximum absolute atomic E-state index is 11.7. The Balaban J connectivity index is 3.29. The molecular weight excluding hydrogens is 282 g/mol. The Morgan fingerprint density at radius 1 is 1.10 bits per heavy atom. The predicted octanol–water partition coefficient (Wildman–Crippen LogP) is -0.212. The molecule has 4 nitrogen and oxygen atoms in total. The van der Waals surface area contributed by atoms with Crippen LogP contribution in [0.3, 0.4) is 0 Å². The van der Waals surface area contributed by atoms with Crippen LogP contribution in [-0.2, 0) is 0 Å². The normalized spacial score (nSPS) is 13.7. The van der Waals surface area contributed by atoms with Crippen LogP contribution in [-0.4, -0.2) is 29.9 Å². The van der Waals surface area contributed by atoms with Gasteiger partial charge in [-0.3, -0.25) is 4.79 Å². The first-order valence-electron chi connectivity index (χ1n) is 6.97. The number of nitrogens with two attached hydrogens (primary N) is 2. The second-order valence-electron chi connectivity index (χ2n) is 7.87. The third-order valence-electron chi connectivity index (χ3n) is 2.90. The van der Waals surface area contributed by atoms with E-state index in [1.165, 1.54) is 0 Å². The molecule has 0 bridgehead atoms. The zero-order chi connectivity index (χ0) is 15.7. The first-order valence-corrected chi connectivity index (χ1v) is 9.80. The van der Waals surface area contributed by atoms with Crippen molar-refractivity contribution in [2.45, 2.75) is 51.6 Å². The van der Waals surface area contributed by atoms with Crippen molar-refractivity contribution in [3.05, 3.63) is 11.6 Å². The summed E-state index contributed by atoms with van der Waals surface area (Å²) < 4.78 is 0. The molecule has 1 aromatic heterocycles. The van der Waals surface area contributed by atoms with Crippen LogP contribution in [0.4, 0.5) is 5.82 Å². The fraction of sp³-hybridized carbons (Fsp3) is 0.571. The number of anilines is 1. The molecule has 4 N–H and O–H groups in total. The Morgan fingerprint density at radius 3 is 2.00 bits per heavy atom. The minimum atomic E-state index is -0.701. The SMILES string of the molecule is CC(C)(C)[SiH2]c1cc(C(N)=O)c([SiH2]C(C)(C)C)nc1N. The quantitative estimate of drug-likeness (QED) is 0.758. The van der Waals surface area contributed by atoms with Gasteiger partial charge in [0.05, 0.1) is 24.6 Å². The molecule has 0 aliphatic rings. The molecule has 0 aromatic carbocycles. The van der Waals surface area contributed by atoms with Gasteiger partial charge in [-0.05, 0) is 21.3 Å². The molecule has 0 aliphatic carbocycles. The van der Waals surface area contributed by atoms with Crippen LogP contribution >= 0.6 is 0 Å². The zero-order valence-electron chi connectivity index (χ0n) is 13.5. The van der Waals surface area contributed by atoms with E-state index in [-0.39, 0.29) is 16.0 Å². The van der Waals surface area contributed by atoms with E-state index >= 15 is 0 Å². The fourth-order valence-electron chi connectivity index (χ4n) is 2.17. The van der Waals surface area contributed by atoms with Crippen LogP contribution in [0, 0.1) is 0 Å². The van der Waals surface area contributed by atoms with Gasteiger partial charge in [-0.15, -0.1) is 0 Å². The highest BCUT2D eigenvalue weighted by atomic mass is 28.2. The number of hydrogen-bond donors (Lipinski definition) is 2. The van der Waals surface area contributed by atoms with Crippen LogP contribution in [0.1, 0.15) is 51.9 Å². The molecule has 0 saturated carbocycles. The molecule has 1 aromatic rings. The second kappa shape index (κ2) is 5.69. The Kier molecular flexibility index (Phi) is 4.81. The minimum Gasteiger partial charge on any atom is -0.384 e. The zero-order valence-corrected chi connectivity index (χ0v) is 16.3. The molecule has 0 unspecified atom stereocenters. The molecule has 6 heteroatoms. The van der Waals surface area contributed by atoms with Gasteiger partial charge in [0.15, 0.2) is 0 Å². The maximum Gasteiger partial charge on any atom is 0.250 e. The van der Waals surface area contributed by atoms with E-state index in [0.29, 0.717) is 11.4 Å². The lowest BCUT2D eigenvalue weighted by atomic mass is 10.2. The summed E-state index contributed by atoms with van der Waals surface area (Å²) in [7, 11) is -1.29. The Labute approximate surface area is 126 Å². The van der Waals surface area contributed by atoms with Crippen molar-refractivity contribution in [3.8, 4) is 0 Å². The third-order valence-corrected chi connectivity index (χ3v) is 6.84. The maximum atomic E-state index is 11.7.